The van der Waals surface area contributed by atoms with Gasteiger partial charge in [0.1, 0.15) is 0 Å². The Morgan fingerprint density at radius 1 is 1.40 bits per heavy atom. The molecule has 0 spiro atoms. The number of amides is 1. The van der Waals surface area contributed by atoms with Gasteiger partial charge in [-0.1, -0.05) is 13.3 Å². The van der Waals surface area contributed by atoms with Crippen LogP contribution in [0.3, 0.4) is 0 Å². The number of hydrogen-bond acceptors (Lipinski definition) is 3. The topological polar surface area (TPSA) is 78.4 Å². The molecule has 0 aromatic heterocycles. The van der Waals surface area contributed by atoms with Crippen molar-refractivity contribution in [3.8, 4) is 0 Å². The van der Waals surface area contributed by atoms with Gasteiger partial charge in [-0.2, -0.15) is 0 Å². The van der Waals surface area contributed by atoms with E-state index in [1.54, 1.807) is 6.07 Å². The van der Waals surface area contributed by atoms with Crippen LogP contribution in [0.5, 0.6) is 0 Å². The zero-order valence-corrected chi connectivity index (χ0v) is 13.3. The second kappa shape index (κ2) is 7.96. The van der Waals surface area contributed by atoms with Crippen LogP contribution in [-0.2, 0) is 4.79 Å². The highest BCUT2D eigenvalue weighted by Gasteiger charge is 2.09. The van der Waals surface area contributed by atoms with E-state index in [0.717, 1.165) is 12.8 Å². The van der Waals surface area contributed by atoms with Crippen LogP contribution in [0.2, 0.25) is 0 Å². The smallest absolute Gasteiger partial charge is 0.335 e. The zero-order chi connectivity index (χ0) is 15.1. The minimum absolute atomic E-state index is 0.135. The highest BCUT2D eigenvalue weighted by Crippen LogP contribution is 2.23. The van der Waals surface area contributed by atoms with E-state index in [0.29, 0.717) is 16.6 Å². The van der Waals surface area contributed by atoms with Crippen molar-refractivity contribution >= 4 is 50.8 Å². The van der Waals surface area contributed by atoms with Crippen molar-refractivity contribution in [2.45, 2.75) is 26.2 Å². The van der Waals surface area contributed by atoms with Crippen molar-refractivity contribution in [1.29, 1.82) is 0 Å². The van der Waals surface area contributed by atoms with Crippen LogP contribution in [0.1, 0.15) is 36.5 Å². The molecular formula is C13H15BrN2O3S. The van der Waals surface area contributed by atoms with Crippen LogP contribution in [0.25, 0.3) is 0 Å². The molecule has 108 valence electrons. The lowest BCUT2D eigenvalue weighted by Gasteiger charge is -2.11. The fourth-order valence-corrected chi connectivity index (χ4v) is 2.00. The van der Waals surface area contributed by atoms with Gasteiger partial charge in [0, 0.05) is 10.9 Å². The van der Waals surface area contributed by atoms with Crippen molar-refractivity contribution < 1.29 is 14.7 Å². The Kier molecular flexibility index (Phi) is 6.60. The second-order valence-electron chi connectivity index (χ2n) is 4.11. The van der Waals surface area contributed by atoms with E-state index in [1.807, 2.05) is 6.92 Å². The van der Waals surface area contributed by atoms with E-state index in [9.17, 15) is 9.59 Å². The fraction of sp³-hybridized carbons (Fsp3) is 0.308. The molecule has 7 heteroatoms. The first kappa shape index (κ1) is 16.6. The van der Waals surface area contributed by atoms with E-state index in [4.69, 9.17) is 17.3 Å². The minimum Gasteiger partial charge on any atom is -0.478 e. The Balaban J connectivity index is 2.68. The lowest BCUT2D eigenvalue weighted by atomic mass is 10.2. The minimum atomic E-state index is -1.03. The van der Waals surface area contributed by atoms with E-state index < -0.39 is 5.97 Å². The fourth-order valence-electron chi connectivity index (χ4n) is 1.43. The summed E-state index contributed by atoms with van der Waals surface area (Å²) in [6, 6.07) is 4.52. The molecule has 0 aliphatic heterocycles. The van der Waals surface area contributed by atoms with Gasteiger partial charge in [-0.3, -0.25) is 4.79 Å². The molecule has 0 aliphatic rings. The number of carboxylic acids is 1. The molecule has 0 saturated heterocycles. The number of unbranched alkanes of at least 4 members (excludes halogenated alkanes) is 1. The number of halogens is 1. The van der Waals surface area contributed by atoms with Gasteiger partial charge in [-0.25, -0.2) is 4.79 Å². The first-order valence-corrected chi connectivity index (χ1v) is 7.27. The molecule has 0 aliphatic carbocycles. The van der Waals surface area contributed by atoms with E-state index >= 15 is 0 Å². The number of carbonyl (C=O) groups is 2. The van der Waals surface area contributed by atoms with Gasteiger partial charge < -0.3 is 15.7 Å². The van der Waals surface area contributed by atoms with Crippen molar-refractivity contribution in [2.75, 3.05) is 5.32 Å². The number of anilines is 1. The average molecular weight is 359 g/mol. The summed E-state index contributed by atoms with van der Waals surface area (Å²) in [7, 11) is 0. The van der Waals surface area contributed by atoms with Crippen molar-refractivity contribution in [3.05, 3.63) is 28.2 Å². The molecule has 0 atom stereocenters. The normalized spacial score (nSPS) is 9.90. The molecule has 0 heterocycles. The Hall–Kier alpha value is -1.47. The Morgan fingerprint density at radius 2 is 2.10 bits per heavy atom. The standard InChI is InChI=1S/C13H15BrN2O3S/c1-2-3-4-11(17)16-13(20)15-10-7-8(12(18)19)5-6-9(10)14/h5-7H,2-4H2,1H3,(H,18,19)(H2,15,16,17,20). The van der Waals surface area contributed by atoms with Gasteiger partial charge in [0.15, 0.2) is 5.11 Å². The summed E-state index contributed by atoms with van der Waals surface area (Å²) in [4.78, 5) is 22.4. The van der Waals surface area contributed by atoms with Gasteiger partial charge in [-0.15, -0.1) is 0 Å². The Morgan fingerprint density at radius 3 is 2.70 bits per heavy atom. The first-order chi connectivity index (χ1) is 9.43. The summed E-state index contributed by atoms with van der Waals surface area (Å²) in [5.74, 6) is -1.19. The molecule has 1 aromatic carbocycles. The Bertz CT molecular complexity index is 534. The van der Waals surface area contributed by atoms with E-state index in [1.165, 1.54) is 12.1 Å². The molecule has 3 N–H and O–H groups in total. The molecule has 0 unspecified atom stereocenters. The molecule has 0 bridgehead atoms. The van der Waals surface area contributed by atoms with Crippen LogP contribution >= 0.6 is 28.1 Å². The third-order valence-electron chi connectivity index (χ3n) is 2.47. The number of nitrogens with one attached hydrogen (secondary N) is 2. The number of thiocarbonyl (C=S) groups is 1. The third-order valence-corrected chi connectivity index (χ3v) is 3.37. The van der Waals surface area contributed by atoms with Crippen molar-refractivity contribution in [3.63, 3.8) is 0 Å². The van der Waals surface area contributed by atoms with Crippen LogP contribution in [0.15, 0.2) is 22.7 Å². The van der Waals surface area contributed by atoms with Gasteiger partial charge in [0.05, 0.1) is 11.3 Å². The summed E-state index contributed by atoms with van der Waals surface area (Å²) in [5, 5.41) is 14.4. The predicted octanol–water partition coefficient (Wildman–Crippen LogP) is 3.15. The summed E-state index contributed by atoms with van der Waals surface area (Å²) in [5.41, 5.74) is 0.626. The molecule has 0 saturated carbocycles. The average Bonchev–Trinajstić information content (AvgIpc) is 2.38. The van der Waals surface area contributed by atoms with Crippen LogP contribution < -0.4 is 10.6 Å². The molecule has 20 heavy (non-hydrogen) atoms. The predicted molar refractivity (Wildman–Crippen MR) is 85.0 cm³/mol. The SMILES string of the molecule is CCCCC(=O)NC(=S)Nc1cc(C(=O)O)ccc1Br. The molecular weight excluding hydrogens is 344 g/mol. The van der Waals surface area contributed by atoms with Gasteiger partial charge >= 0.3 is 5.97 Å². The van der Waals surface area contributed by atoms with Gasteiger partial charge in [0.25, 0.3) is 0 Å². The van der Waals surface area contributed by atoms with Crippen LogP contribution in [0.4, 0.5) is 5.69 Å². The van der Waals surface area contributed by atoms with Gasteiger partial charge in [0.2, 0.25) is 5.91 Å². The Labute approximate surface area is 130 Å². The number of rotatable bonds is 5. The molecule has 5 nitrogen and oxygen atoms in total. The summed E-state index contributed by atoms with van der Waals surface area (Å²) in [6.07, 6.45) is 2.14. The monoisotopic (exact) mass is 358 g/mol. The second-order valence-corrected chi connectivity index (χ2v) is 5.37. The molecule has 0 radical (unpaired) electrons. The van der Waals surface area contributed by atoms with Crippen LogP contribution in [0, 0.1) is 0 Å². The van der Waals surface area contributed by atoms with Crippen LogP contribution in [-0.4, -0.2) is 22.1 Å². The molecule has 1 aromatic rings. The van der Waals surface area contributed by atoms with Gasteiger partial charge in [-0.05, 0) is 52.8 Å². The highest BCUT2D eigenvalue weighted by molar-refractivity contribution is 9.10. The zero-order valence-electron chi connectivity index (χ0n) is 10.9. The largest absolute Gasteiger partial charge is 0.478 e. The number of benzene rings is 1. The molecule has 1 amide bonds. The van der Waals surface area contributed by atoms with Crippen molar-refractivity contribution in [1.82, 2.24) is 5.32 Å². The summed E-state index contributed by atoms with van der Waals surface area (Å²) in [6.45, 7) is 2.00. The number of aromatic carboxylic acids is 1. The highest BCUT2D eigenvalue weighted by atomic mass is 79.9. The number of carboxylic acid groups (broad SMARTS) is 1. The summed E-state index contributed by atoms with van der Waals surface area (Å²) < 4.78 is 0.660. The third kappa shape index (κ3) is 5.26. The van der Waals surface area contributed by atoms with E-state index in [-0.39, 0.29) is 16.6 Å². The molecule has 1 rings (SSSR count). The quantitative estimate of drug-likeness (QED) is 0.704. The lowest BCUT2D eigenvalue weighted by molar-refractivity contribution is -0.119. The maximum atomic E-state index is 11.5. The maximum Gasteiger partial charge on any atom is 0.335 e. The lowest BCUT2D eigenvalue weighted by Crippen LogP contribution is -2.34. The summed E-state index contributed by atoms with van der Waals surface area (Å²) >= 11 is 8.31. The number of carbonyl (C=O) groups excluding carboxylic acids is 1. The number of hydrogen-bond donors (Lipinski definition) is 3. The maximum absolute atomic E-state index is 11.5. The first-order valence-electron chi connectivity index (χ1n) is 6.07. The van der Waals surface area contributed by atoms with E-state index in [2.05, 4.69) is 26.6 Å². The molecule has 0 fully saturated rings. The van der Waals surface area contributed by atoms with Crippen molar-refractivity contribution in [2.24, 2.45) is 0 Å².